The fraction of sp³-hybridized carbons (Fsp3) is 0.152. The van der Waals surface area contributed by atoms with Gasteiger partial charge in [-0.15, -0.1) is 11.8 Å². The largest absolute Gasteiger partial charge is 0.465 e. The normalized spacial score (nSPS) is 12.9. The van der Waals surface area contributed by atoms with Gasteiger partial charge < -0.3 is 9.64 Å². The zero-order valence-electron chi connectivity index (χ0n) is 22.9. The Bertz CT molecular complexity index is 1660. The lowest BCUT2D eigenvalue weighted by atomic mass is 10.0. The summed E-state index contributed by atoms with van der Waals surface area (Å²) in [6, 6.07) is 28.1. The van der Waals surface area contributed by atoms with Crippen LogP contribution < -0.4 is 4.90 Å². The number of benzene rings is 4. The number of anilines is 1. The third-order valence-corrected chi connectivity index (χ3v) is 8.23. The van der Waals surface area contributed by atoms with Crippen molar-refractivity contribution >= 4 is 52.5 Å². The number of methoxy groups -OCH3 is 1. The highest BCUT2D eigenvalue weighted by molar-refractivity contribution is 7.98. The number of halogens is 1. The van der Waals surface area contributed by atoms with Gasteiger partial charge in [-0.25, -0.2) is 4.79 Å². The summed E-state index contributed by atoms with van der Waals surface area (Å²) < 4.78 is 4.81. The molecule has 0 bridgehead atoms. The van der Waals surface area contributed by atoms with Crippen LogP contribution in [0.15, 0.2) is 107 Å². The highest BCUT2D eigenvalue weighted by Crippen LogP contribution is 2.32. The highest BCUT2D eigenvalue weighted by atomic mass is 35.5. The number of esters is 1. The highest BCUT2D eigenvalue weighted by Gasteiger charge is 2.19. The lowest BCUT2D eigenvalue weighted by Crippen LogP contribution is -2.25. The minimum absolute atomic E-state index is 0.0399. The van der Waals surface area contributed by atoms with Crippen molar-refractivity contribution in [3.8, 4) is 0 Å². The molecule has 1 aliphatic heterocycles. The second kappa shape index (κ2) is 13.5. The minimum atomic E-state index is -0.376. The Kier molecular flexibility index (Phi) is 9.36. The molecule has 0 amide bonds. The van der Waals surface area contributed by atoms with Gasteiger partial charge in [0.25, 0.3) is 5.69 Å². The number of hydrogen-bond donors (Lipinski definition) is 0. The second-order valence-electron chi connectivity index (χ2n) is 9.63. The van der Waals surface area contributed by atoms with Crippen molar-refractivity contribution in [1.29, 1.82) is 0 Å². The van der Waals surface area contributed by atoms with Crippen molar-refractivity contribution in [2.75, 3.05) is 25.1 Å². The quantitative estimate of drug-likeness (QED) is 0.0845. The van der Waals surface area contributed by atoms with Crippen molar-refractivity contribution in [3.05, 3.63) is 140 Å². The van der Waals surface area contributed by atoms with Crippen LogP contribution in [0.2, 0.25) is 5.02 Å². The molecule has 42 heavy (non-hydrogen) atoms. The van der Waals surface area contributed by atoms with Crippen LogP contribution in [-0.2, 0) is 17.0 Å². The number of thioether (sulfide) groups is 1. The fourth-order valence-corrected chi connectivity index (χ4v) is 5.83. The Balaban J connectivity index is 1.42. The van der Waals surface area contributed by atoms with E-state index in [1.165, 1.54) is 12.7 Å². The van der Waals surface area contributed by atoms with E-state index in [1.54, 1.807) is 42.1 Å². The summed E-state index contributed by atoms with van der Waals surface area (Å²) in [5.74, 6) is 0.376. The van der Waals surface area contributed by atoms with E-state index in [-0.39, 0.29) is 16.6 Å². The first kappa shape index (κ1) is 29.1. The van der Waals surface area contributed by atoms with E-state index >= 15 is 0 Å². The molecular formula is C33H28ClN3O4S. The van der Waals surface area contributed by atoms with Crippen molar-refractivity contribution in [1.82, 2.24) is 0 Å². The summed E-state index contributed by atoms with van der Waals surface area (Å²) in [7, 11) is 1.36. The molecule has 0 atom stereocenters. The van der Waals surface area contributed by atoms with Crippen LogP contribution in [0.3, 0.4) is 0 Å². The number of nitro benzene ring substituents is 1. The van der Waals surface area contributed by atoms with E-state index in [0.717, 1.165) is 38.7 Å². The number of nitrogens with zero attached hydrogens (tertiary/aromatic N) is 3. The number of non-ortho nitro benzene ring substituents is 1. The van der Waals surface area contributed by atoms with Crippen LogP contribution in [0.5, 0.6) is 0 Å². The van der Waals surface area contributed by atoms with E-state index in [1.807, 2.05) is 60.7 Å². The average Bonchev–Trinajstić information content (AvgIpc) is 3.18. The molecule has 0 saturated heterocycles. The first-order valence-corrected chi connectivity index (χ1v) is 14.7. The van der Waals surface area contributed by atoms with E-state index in [4.69, 9.17) is 21.3 Å². The smallest absolute Gasteiger partial charge is 0.337 e. The van der Waals surface area contributed by atoms with Crippen LogP contribution in [0.1, 0.15) is 32.6 Å². The molecule has 0 unspecified atom stereocenters. The molecule has 1 heterocycles. The molecule has 4 aromatic carbocycles. The van der Waals surface area contributed by atoms with Gasteiger partial charge in [-0.2, -0.15) is 0 Å². The number of carbonyl (C=O) groups excluding carboxylic acids is 1. The van der Waals surface area contributed by atoms with E-state index < -0.39 is 0 Å². The summed E-state index contributed by atoms with van der Waals surface area (Å²) in [5.41, 5.74) is 6.14. The zero-order valence-corrected chi connectivity index (χ0v) is 24.5. The molecule has 1 aliphatic rings. The van der Waals surface area contributed by atoms with Gasteiger partial charge >= 0.3 is 5.97 Å². The van der Waals surface area contributed by atoms with Crippen molar-refractivity contribution in [3.63, 3.8) is 0 Å². The van der Waals surface area contributed by atoms with Gasteiger partial charge in [0.15, 0.2) is 0 Å². The monoisotopic (exact) mass is 597 g/mol. The second-order valence-corrected chi connectivity index (χ2v) is 11.1. The van der Waals surface area contributed by atoms with E-state index in [2.05, 4.69) is 17.0 Å². The molecule has 0 spiro atoms. The van der Waals surface area contributed by atoms with Gasteiger partial charge in [0, 0.05) is 52.1 Å². The number of hydrogen-bond acceptors (Lipinski definition) is 7. The summed E-state index contributed by atoms with van der Waals surface area (Å²) >= 11 is 8.08. The molecule has 9 heteroatoms. The third kappa shape index (κ3) is 7.08. The molecule has 0 fully saturated rings. The van der Waals surface area contributed by atoms with E-state index in [9.17, 15) is 14.9 Å². The number of allylic oxidation sites excluding steroid dienone is 1. The number of fused-ring (bicyclic) bond motifs is 1. The Labute approximate surface area is 253 Å². The number of rotatable bonds is 9. The number of ether oxygens (including phenoxy) is 1. The number of benzodiazepines with no additional fused rings is 1. The maximum atomic E-state index is 11.8. The fourth-order valence-electron chi connectivity index (χ4n) is 4.69. The van der Waals surface area contributed by atoms with Gasteiger partial charge in [0.1, 0.15) is 0 Å². The van der Waals surface area contributed by atoms with Gasteiger partial charge in [0.05, 0.1) is 29.9 Å². The summed E-state index contributed by atoms with van der Waals surface area (Å²) in [4.78, 5) is 31.0. The lowest BCUT2D eigenvalue weighted by Gasteiger charge is -2.25. The third-order valence-electron chi connectivity index (χ3n) is 6.84. The first-order chi connectivity index (χ1) is 20.4. The maximum absolute atomic E-state index is 11.8. The van der Waals surface area contributed by atoms with Gasteiger partial charge in [-0.3, -0.25) is 15.1 Å². The Morgan fingerprint density at radius 3 is 2.55 bits per heavy atom. The number of aliphatic imine (C=N–C) groups is 1. The molecule has 4 aromatic rings. The minimum Gasteiger partial charge on any atom is -0.465 e. The SMILES string of the molecule is COC(=O)c1ccc(CN2CCN=C(C=Cc3cc([N+](=O)[O-])ccc3SCc3ccccc3)c3ccc(Cl)cc32)cc1. The topological polar surface area (TPSA) is 85.0 Å². The molecule has 212 valence electrons. The lowest BCUT2D eigenvalue weighted by molar-refractivity contribution is -0.384. The molecule has 0 radical (unpaired) electrons. The van der Waals surface area contributed by atoms with Crippen molar-refractivity contribution in [2.24, 2.45) is 4.99 Å². The van der Waals surface area contributed by atoms with Crippen molar-refractivity contribution in [2.45, 2.75) is 17.2 Å². The Morgan fingerprint density at radius 2 is 1.81 bits per heavy atom. The van der Waals surface area contributed by atoms with Gasteiger partial charge in [0.2, 0.25) is 0 Å². The summed E-state index contributed by atoms with van der Waals surface area (Å²) in [6.45, 7) is 1.82. The number of carbonyl (C=O) groups is 1. The zero-order chi connectivity index (χ0) is 29.5. The Hall–Kier alpha value is -4.40. The van der Waals surface area contributed by atoms with Crippen LogP contribution in [0.4, 0.5) is 11.4 Å². The predicted octanol–water partition coefficient (Wildman–Crippen LogP) is 7.85. The molecule has 7 nitrogen and oxygen atoms in total. The van der Waals surface area contributed by atoms with Crippen LogP contribution in [-0.4, -0.2) is 36.8 Å². The maximum Gasteiger partial charge on any atom is 0.337 e. The number of nitro groups is 1. The van der Waals surface area contributed by atoms with Gasteiger partial charge in [-0.1, -0.05) is 60.1 Å². The Morgan fingerprint density at radius 1 is 1.02 bits per heavy atom. The molecule has 5 rings (SSSR count). The average molecular weight is 598 g/mol. The first-order valence-electron chi connectivity index (χ1n) is 13.3. The van der Waals surface area contributed by atoms with Crippen LogP contribution >= 0.6 is 23.4 Å². The van der Waals surface area contributed by atoms with Crippen LogP contribution in [0, 0.1) is 10.1 Å². The molecular weight excluding hydrogens is 570 g/mol. The molecule has 0 N–H and O–H groups in total. The predicted molar refractivity (Wildman–Crippen MR) is 170 cm³/mol. The summed E-state index contributed by atoms with van der Waals surface area (Å²) in [5, 5.41) is 12.2. The van der Waals surface area contributed by atoms with E-state index in [0.29, 0.717) is 30.2 Å². The molecule has 0 saturated carbocycles. The van der Waals surface area contributed by atoms with Crippen LogP contribution in [0.25, 0.3) is 6.08 Å². The standard InChI is InChI=1S/C33H28ClN3O4S/c1-41-33(38)25-9-7-23(8-10-25)21-36-18-17-35-30(29-14-12-27(34)20-31(29)36)15-11-26-19-28(37(39)40)13-16-32(26)42-22-24-5-3-2-4-6-24/h2-16,19-20H,17-18,21-22H2,1H3. The van der Waals surface area contributed by atoms with Crippen molar-refractivity contribution < 1.29 is 14.5 Å². The summed E-state index contributed by atoms with van der Waals surface area (Å²) in [6.07, 6.45) is 3.83. The molecule has 0 aliphatic carbocycles. The molecule has 0 aromatic heterocycles. The van der Waals surface area contributed by atoms with Gasteiger partial charge in [-0.05, 0) is 59.2 Å².